The number of fused-ring (bicyclic) bond motifs is 3. The molecular weight excluding hydrogens is 402 g/mol. The van der Waals surface area contributed by atoms with Crippen LogP contribution in [0, 0.1) is 35.3 Å². The molecule has 31 heavy (non-hydrogen) atoms. The second-order valence-electron chi connectivity index (χ2n) is 8.70. The summed E-state index contributed by atoms with van der Waals surface area (Å²) in [4.78, 5) is 21.1. The van der Waals surface area contributed by atoms with Crippen molar-refractivity contribution in [1.29, 1.82) is 0 Å². The number of hydrogen-bond acceptors (Lipinski definition) is 4. The smallest absolute Gasteiger partial charge is 0.227 e. The van der Waals surface area contributed by atoms with Gasteiger partial charge in [0.2, 0.25) is 5.91 Å². The van der Waals surface area contributed by atoms with E-state index in [4.69, 9.17) is 0 Å². The van der Waals surface area contributed by atoms with Crippen molar-refractivity contribution >= 4 is 28.3 Å². The number of amides is 1. The number of rotatable bonds is 4. The fourth-order valence-electron chi connectivity index (χ4n) is 5.47. The quantitative estimate of drug-likeness (QED) is 0.542. The first-order chi connectivity index (χ1) is 15.0. The van der Waals surface area contributed by atoms with Crippen LogP contribution in [0.5, 0.6) is 0 Å². The monoisotopic (exact) mass is 422 g/mol. The number of halogens is 2. The molecule has 158 valence electrons. The molecule has 1 unspecified atom stereocenters. The summed E-state index contributed by atoms with van der Waals surface area (Å²) >= 11 is 0. The first kappa shape index (κ1) is 18.4. The van der Waals surface area contributed by atoms with Gasteiger partial charge in [-0.2, -0.15) is 5.10 Å². The lowest BCUT2D eigenvalue weighted by molar-refractivity contribution is -0.120. The largest absolute Gasteiger partial charge is 0.327 e. The summed E-state index contributed by atoms with van der Waals surface area (Å²) in [6.07, 6.45) is 6.73. The molecule has 0 aliphatic heterocycles. The van der Waals surface area contributed by atoms with Crippen molar-refractivity contribution in [2.24, 2.45) is 23.7 Å². The van der Waals surface area contributed by atoms with E-state index in [1.807, 2.05) is 23.6 Å². The number of anilines is 1. The highest BCUT2D eigenvalue weighted by atomic mass is 19.2. The van der Waals surface area contributed by atoms with Crippen LogP contribution in [-0.2, 0) is 4.79 Å². The molecule has 6 rings (SSSR count). The number of pyridine rings is 1. The number of benzene rings is 1. The molecule has 7 nitrogen and oxygen atoms in total. The molecule has 1 N–H and O–H groups in total. The molecule has 2 saturated carbocycles. The molecule has 2 aliphatic carbocycles. The summed E-state index contributed by atoms with van der Waals surface area (Å²) in [7, 11) is 0. The Hall–Kier alpha value is -3.36. The van der Waals surface area contributed by atoms with Gasteiger partial charge in [-0.15, -0.1) is 0 Å². The Balaban J connectivity index is 1.13. The predicted molar refractivity (Wildman–Crippen MR) is 109 cm³/mol. The number of hydrogen-bond donors (Lipinski definition) is 1. The molecule has 2 aliphatic rings. The molecule has 0 spiro atoms. The maximum absolute atomic E-state index is 13.7. The maximum atomic E-state index is 13.7. The van der Waals surface area contributed by atoms with Crippen LogP contribution in [0.3, 0.4) is 0 Å². The van der Waals surface area contributed by atoms with Crippen molar-refractivity contribution in [2.45, 2.75) is 25.8 Å². The van der Waals surface area contributed by atoms with E-state index in [1.54, 1.807) is 17.0 Å². The van der Waals surface area contributed by atoms with E-state index in [-0.39, 0.29) is 17.9 Å². The Morgan fingerprint density at radius 1 is 1.16 bits per heavy atom. The SMILES string of the molecule is CC(C(=O)Nc1ccc2ncnn2c1)[C@H]1[C@@H]2C[C@@H](n3cnc4cc(F)c(F)cc43)C[C@@H]21. The Bertz CT molecular complexity index is 1320. The van der Waals surface area contributed by atoms with Gasteiger partial charge in [-0.1, -0.05) is 6.92 Å². The number of carbonyl (C=O) groups is 1. The summed E-state index contributed by atoms with van der Waals surface area (Å²) in [6, 6.07) is 6.20. The zero-order chi connectivity index (χ0) is 21.3. The fourth-order valence-corrected chi connectivity index (χ4v) is 5.47. The standard InChI is InChI=1S/C22H20F2N6O/c1-11(22(31)28-12-2-3-20-25-9-27-30(20)8-12)21-14-4-13(5-15(14)21)29-10-26-18-6-16(23)17(24)7-19(18)29/h2-3,6-11,13-15,21H,4-5H2,1H3,(H,28,31)/t11?,13-,14-,15+,21+. The summed E-state index contributed by atoms with van der Waals surface area (Å²) < 4.78 is 30.8. The highest BCUT2D eigenvalue weighted by Crippen LogP contribution is 2.64. The second-order valence-corrected chi connectivity index (χ2v) is 8.70. The average Bonchev–Trinajstić information content (AvgIpc) is 3.18. The normalized spacial score (nSPS) is 25.6. The van der Waals surface area contributed by atoms with E-state index in [0.29, 0.717) is 34.5 Å². The van der Waals surface area contributed by atoms with Gasteiger partial charge in [-0.25, -0.2) is 23.3 Å². The Morgan fingerprint density at radius 2 is 1.94 bits per heavy atom. The third kappa shape index (κ3) is 2.90. The molecular formula is C22H20F2N6O. The van der Waals surface area contributed by atoms with Gasteiger partial charge in [0, 0.05) is 24.1 Å². The van der Waals surface area contributed by atoms with E-state index in [9.17, 15) is 13.6 Å². The van der Waals surface area contributed by atoms with Gasteiger partial charge in [-0.3, -0.25) is 4.79 Å². The maximum Gasteiger partial charge on any atom is 0.227 e. The van der Waals surface area contributed by atoms with Crippen LogP contribution < -0.4 is 5.32 Å². The molecule has 3 aromatic heterocycles. The van der Waals surface area contributed by atoms with Gasteiger partial charge in [0.05, 0.1) is 29.2 Å². The minimum absolute atomic E-state index is 0.000965. The van der Waals surface area contributed by atoms with Crippen LogP contribution in [0.25, 0.3) is 16.7 Å². The fraction of sp³-hybridized carbons (Fsp3) is 0.364. The Labute approximate surface area is 176 Å². The third-order valence-corrected chi connectivity index (χ3v) is 7.03. The van der Waals surface area contributed by atoms with Gasteiger partial charge >= 0.3 is 0 Å². The predicted octanol–water partition coefficient (Wildman–Crippen LogP) is 3.83. The van der Waals surface area contributed by atoms with Gasteiger partial charge in [0.1, 0.15) is 6.33 Å². The summed E-state index contributed by atoms with van der Waals surface area (Å²) in [5, 5.41) is 7.08. The van der Waals surface area contributed by atoms with E-state index in [2.05, 4.69) is 20.4 Å². The van der Waals surface area contributed by atoms with Crippen LogP contribution >= 0.6 is 0 Å². The lowest BCUT2D eigenvalue weighted by Gasteiger charge is -2.20. The van der Waals surface area contributed by atoms with Gasteiger partial charge in [0.25, 0.3) is 0 Å². The molecule has 5 atom stereocenters. The average molecular weight is 422 g/mol. The van der Waals surface area contributed by atoms with Crippen LogP contribution in [0.2, 0.25) is 0 Å². The van der Waals surface area contributed by atoms with Crippen molar-refractivity contribution < 1.29 is 13.6 Å². The number of nitrogens with one attached hydrogen (secondary N) is 1. The number of imidazole rings is 1. The van der Waals surface area contributed by atoms with Gasteiger partial charge < -0.3 is 9.88 Å². The molecule has 3 heterocycles. The summed E-state index contributed by atoms with van der Waals surface area (Å²) in [5.41, 5.74) is 2.50. The van der Waals surface area contributed by atoms with Crippen molar-refractivity contribution in [3.05, 3.63) is 54.8 Å². The van der Waals surface area contributed by atoms with Crippen molar-refractivity contribution in [2.75, 3.05) is 5.32 Å². The van der Waals surface area contributed by atoms with Crippen molar-refractivity contribution in [3.8, 4) is 0 Å². The van der Waals surface area contributed by atoms with Crippen LogP contribution in [0.4, 0.5) is 14.5 Å². The Kier molecular flexibility index (Phi) is 3.90. The zero-order valence-corrected chi connectivity index (χ0v) is 16.7. The van der Waals surface area contributed by atoms with Crippen LogP contribution in [-0.4, -0.2) is 30.1 Å². The molecule has 1 amide bonds. The first-order valence-corrected chi connectivity index (χ1v) is 10.4. The lowest BCUT2D eigenvalue weighted by Crippen LogP contribution is -2.24. The molecule has 0 saturated heterocycles. The number of carbonyl (C=O) groups excluding carboxylic acids is 1. The zero-order valence-electron chi connectivity index (χ0n) is 16.7. The number of aromatic nitrogens is 5. The van der Waals surface area contributed by atoms with E-state index >= 15 is 0 Å². The molecule has 0 radical (unpaired) electrons. The molecule has 2 fully saturated rings. The molecule has 4 aromatic rings. The van der Waals surface area contributed by atoms with E-state index < -0.39 is 11.6 Å². The van der Waals surface area contributed by atoms with Gasteiger partial charge in [0.15, 0.2) is 17.3 Å². The molecule has 0 bridgehead atoms. The van der Waals surface area contributed by atoms with Crippen molar-refractivity contribution in [3.63, 3.8) is 0 Å². The number of nitrogens with zero attached hydrogens (tertiary/aromatic N) is 5. The van der Waals surface area contributed by atoms with Gasteiger partial charge in [-0.05, 0) is 42.7 Å². The van der Waals surface area contributed by atoms with Crippen LogP contribution in [0.1, 0.15) is 25.8 Å². The lowest BCUT2D eigenvalue weighted by atomic mass is 9.96. The minimum Gasteiger partial charge on any atom is -0.327 e. The third-order valence-electron chi connectivity index (χ3n) is 7.03. The summed E-state index contributed by atoms with van der Waals surface area (Å²) in [5.74, 6) is -0.568. The molecule has 1 aromatic carbocycles. The van der Waals surface area contributed by atoms with E-state index in [1.165, 1.54) is 12.4 Å². The highest BCUT2D eigenvalue weighted by molar-refractivity contribution is 5.92. The highest BCUT2D eigenvalue weighted by Gasteiger charge is 2.59. The second kappa shape index (κ2) is 6.57. The Morgan fingerprint density at radius 3 is 2.74 bits per heavy atom. The minimum atomic E-state index is -0.880. The van der Waals surface area contributed by atoms with Crippen LogP contribution in [0.15, 0.2) is 43.1 Å². The first-order valence-electron chi connectivity index (χ1n) is 10.4. The van der Waals surface area contributed by atoms with Crippen molar-refractivity contribution in [1.82, 2.24) is 24.1 Å². The molecule has 9 heteroatoms. The topological polar surface area (TPSA) is 77.1 Å². The summed E-state index contributed by atoms with van der Waals surface area (Å²) in [6.45, 7) is 1.98. The van der Waals surface area contributed by atoms with E-state index in [0.717, 1.165) is 24.6 Å².